The van der Waals surface area contributed by atoms with Gasteiger partial charge in [0.05, 0.1) is 11.1 Å². The number of anilines is 1. The number of aromatic amines is 1. The maximum Gasteiger partial charge on any atom is 0.224 e. The van der Waals surface area contributed by atoms with E-state index in [1.54, 1.807) is 0 Å². The first-order valence-electron chi connectivity index (χ1n) is 9.99. The van der Waals surface area contributed by atoms with Crippen molar-refractivity contribution >= 4 is 45.2 Å². The molecule has 3 fully saturated rings. The average molecular weight is 480 g/mol. The van der Waals surface area contributed by atoms with Crippen LogP contribution in [0.5, 0.6) is 0 Å². The van der Waals surface area contributed by atoms with E-state index in [9.17, 15) is 4.79 Å². The molecule has 2 aromatic heterocycles. The lowest BCUT2D eigenvalue weighted by Crippen LogP contribution is -2.50. The third-order valence-corrected chi connectivity index (χ3v) is 6.87. The van der Waals surface area contributed by atoms with Gasteiger partial charge in [-0.15, -0.1) is 0 Å². The summed E-state index contributed by atoms with van der Waals surface area (Å²) in [5.41, 5.74) is 3.45. The third kappa shape index (κ3) is 3.41. The molecule has 0 bridgehead atoms. The van der Waals surface area contributed by atoms with Gasteiger partial charge in [0, 0.05) is 44.8 Å². The fourth-order valence-corrected chi connectivity index (χ4v) is 5.05. The van der Waals surface area contributed by atoms with Crippen LogP contribution in [0.3, 0.4) is 0 Å². The monoisotopic (exact) mass is 480 g/mol. The van der Waals surface area contributed by atoms with Gasteiger partial charge >= 0.3 is 0 Å². The van der Waals surface area contributed by atoms with Gasteiger partial charge in [0.15, 0.2) is 5.65 Å². The minimum atomic E-state index is 0.300. The van der Waals surface area contributed by atoms with Crippen molar-refractivity contribution in [2.45, 2.75) is 44.1 Å². The third-order valence-electron chi connectivity index (χ3n) is 6.09. The van der Waals surface area contributed by atoms with Gasteiger partial charge in [0.1, 0.15) is 3.70 Å². The van der Waals surface area contributed by atoms with Crippen LogP contribution in [0.15, 0.2) is 6.20 Å². The molecule has 0 spiro atoms. The molecule has 2 aromatic rings. The molecular formula is C19H25IN6O. The molecule has 1 saturated carbocycles. The molecular weight excluding hydrogens is 455 g/mol. The lowest BCUT2D eigenvalue weighted by atomic mass is 10.1. The van der Waals surface area contributed by atoms with Gasteiger partial charge < -0.3 is 15.1 Å². The summed E-state index contributed by atoms with van der Waals surface area (Å²) in [5, 5.41) is 12.0. The van der Waals surface area contributed by atoms with Crippen molar-refractivity contribution in [3.8, 4) is 0 Å². The molecule has 4 heterocycles. The lowest BCUT2D eigenvalue weighted by Gasteiger charge is -2.37. The number of hydrogen-bond donors (Lipinski definition) is 2. The number of piperazine rings is 1. The second kappa shape index (κ2) is 7.20. The molecule has 144 valence electrons. The number of fused-ring (bicyclic) bond motifs is 1. The van der Waals surface area contributed by atoms with Gasteiger partial charge in [-0.3, -0.25) is 9.89 Å². The molecule has 1 amide bonds. The van der Waals surface area contributed by atoms with Crippen LogP contribution in [-0.4, -0.2) is 64.8 Å². The molecule has 0 radical (unpaired) electrons. The van der Waals surface area contributed by atoms with Crippen LogP contribution in [0, 0.1) is 3.70 Å². The molecule has 27 heavy (non-hydrogen) atoms. The van der Waals surface area contributed by atoms with Crippen molar-refractivity contribution in [2.24, 2.45) is 0 Å². The predicted octanol–water partition coefficient (Wildman–Crippen LogP) is 2.23. The minimum Gasteiger partial charge on any atom is -0.367 e. The summed E-state index contributed by atoms with van der Waals surface area (Å²) >= 11 is 2.32. The molecule has 0 aromatic carbocycles. The zero-order valence-electron chi connectivity index (χ0n) is 15.4. The Morgan fingerprint density at radius 3 is 2.74 bits per heavy atom. The van der Waals surface area contributed by atoms with E-state index in [1.807, 2.05) is 11.1 Å². The van der Waals surface area contributed by atoms with Crippen molar-refractivity contribution < 1.29 is 4.79 Å². The Morgan fingerprint density at radius 1 is 1.22 bits per heavy atom. The highest BCUT2D eigenvalue weighted by molar-refractivity contribution is 14.1. The number of amides is 1. The zero-order valence-corrected chi connectivity index (χ0v) is 17.5. The summed E-state index contributed by atoms with van der Waals surface area (Å²) in [7, 11) is 0. The molecule has 2 aliphatic heterocycles. The number of nitrogens with zero attached hydrogens (tertiary/aromatic N) is 4. The number of halogens is 1. The van der Waals surface area contributed by atoms with Crippen LogP contribution in [0.4, 0.5) is 5.69 Å². The number of carbonyl (C=O) groups is 1. The van der Waals surface area contributed by atoms with Crippen LogP contribution in [0.2, 0.25) is 0 Å². The normalized spacial score (nSPS) is 23.4. The standard InChI is InChI=1S/C19H25IN6O/c20-18-16-17(14(12-3-4-12)11-22-19(16)24-23-18)26-8-6-25(7-9-26)15(27)10-13-2-1-5-21-13/h11-13,21H,1-10H2,(H,22,23,24)/t13-/m0/s1. The Balaban J connectivity index is 1.34. The number of carbonyl (C=O) groups excluding carboxylic acids is 1. The van der Waals surface area contributed by atoms with E-state index in [0.29, 0.717) is 24.3 Å². The quantitative estimate of drug-likeness (QED) is 0.657. The zero-order chi connectivity index (χ0) is 18.4. The molecule has 2 saturated heterocycles. The van der Waals surface area contributed by atoms with Crippen LogP contribution in [0.1, 0.15) is 43.6 Å². The van der Waals surface area contributed by atoms with E-state index in [-0.39, 0.29) is 0 Å². The number of hydrogen-bond acceptors (Lipinski definition) is 5. The van der Waals surface area contributed by atoms with Crippen molar-refractivity contribution in [3.63, 3.8) is 0 Å². The lowest BCUT2D eigenvalue weighted by molar-refractivity contribution is -0.131. The first kappa shape index (κ1) is 17.7. The summed E-state index contributed by atoms with van der Waals surface area (Å²) in [6.07, 6.45) is 7.49. The summed E-state index contributed by atoms with van der Waals surface area (Å²) in [5.74, 6) is 0.935. The highest BCUT2D eigenvalue weighted by atomic mass is 127. The van der Waals surface area contributed by atoms with Gasteiger partial charge in [0.2, 0.25) is 5.91 Å². The Hall–Kier alpha value is -1.42. The summed E-state index contributed by atoms with van der Waals surface area (Å²) in [6.45, 7) is 4.41. The number of aromatic nitrogens is 3. The Kier molecular flexibility index (Phi) is 4.71. The average Bonchev–Trinajstić information content (AvgIpc) is 3.29. The molecule has 8 heteroatoms. The van der Waals surface area contributed by atoms with Crippen molar-refractivity contribution in [1.29, 1.82) is 0 Å². The highest BCUT2D eigenvalue weighted by Gasteiger charge is 2.32. The minimum absolute atomic E-state index is 0.300. The van der Waals surface area contributed by atoms with Crippen LogP contribution in [-0.2, 0) is 4.79 Å². The molecule has 3 aliphatic rings. The summed E-state index contributed by atoms with van der Waals surface area (Å²) in [4.78, 5) is 21.7. The molecule has 0 unspecified atom stereocenters. The van der Waals surface area contributed by atoms with Crippen molar-refractivity contribution in [2.75, 3.05) is 37.6 Å². The van der Waals surface area contributed by atoms with E-state index in [0.717, 1.165) is 53.9 Å². The summed E-state index contributed by atoms with van der Waals surface area (Å²) < 4.78 is 1.05. The van der Waals surface area contributed by atoms with Gasteiger partial charge in [-0.1, -0.05) is 0 Å². The van der Waals surface area contributed by atoms with E-state index >= 15 is 0 Å². The highest BCUT2D eigenvalue weighted by Crippen LogP contribution is 2.46. The van der Waals surface area contributed by atoms with E-state index in [1.165, 1.54) is 30.5 Å². The smallest absolute Gasteiger partial charge is 0.224 e. The largest absolute Gasteiger partial charge is 0.367 e. The van der Waals surface area contributed by atoms with Crippen LogP contribution >= 0.6 is 22.6 Å². The molecule has 2 N–H and O–H groups in total. The van der Waals surface area contributed by atoms with E-state index in [4.69, 9.17) is 0 Å². The maximum absolute atomic E-state index is 12.6. The first-order valence-corrected chi connectivity index (χ1v) is 11.1. The first-order chi connectivity index (χ1) is 13.2. The Bertz CT molecular complexity index is 849. The van der Waals surface area contributed by atoms with Crippen molar-refractivity contribution in [3.05, 3.63) is 15.5 Å². The number of pyridine rings is 1. The fraction of sp³-hybridized carbons (Fsp3) is 0.632. The van der Waals surface area contributed by atoms with Crippen molar-refractivity contribution in [1.82, 2.24) is 25.4 Å². The van der Waals surface area contributed by atoms with Gasteiger partial charge in [-0.05, 0) is 66.3 Å². The number of rotatable bonds is 4. The van der Waals surface area contributed by atoms with E-state index in [2.05, 4.69) is 48.0 Å². The van der Waals surface area contributed by atoms with Gasteiger partial charge in [0.25, 0.3) is 0 Å². The predicted molar refractivity (Wildman–Crippen MR) is 113 cm³/mol. The topological polar surface area (TPSA) is 77.2 Å². The fourth-order valence-electron chi connectivity index (χ4n) is 4.44. The van der Waals surface area contributed by atoms with Gasteiger partial charge in [-0.25, -0.2) is 4.98 Å². The SMILES string of the molecule is O=C(C[C@@H]1CCCN1)N1CCN(c2c(C3CC3)cnc3n[nH]c(I)c23)CC1. The van der Waals surface area contributed by atoms with E-state index < -0.39 is 0 Å². The van der Waals surface area contributed by atoms with Crippen LogP contribution < -0.4 is 10.2 Å². The van der Waals surface area contributed by atoms with Gasteiger partial charge in [-0.2, -0.15) is 5.10 Å². The summed E-state index contributed by atoms with van der Waals surface area (Å²) in [6, 6.07) is 0.379. The number of H-pyrrole nitrogens is 1. The molecule has 7 nitrogen and oxygen atoms in total. The second-order valence-corrected chi connectivity index (χ2v) is 9.02. The van der Waals surface area contributed by atoms with Crippen LogP contribution in [0.25, 0.3) is 11.0 Å². The molecule has 1 atom stereocenters. The number of nitrogens with one attached hydrogen (secondary N) is 2. The second-order valence-electron chi connectivity index (χ2n) is 7.94. The molecule has 5 rings (SSSR count). The maximum atomic E-state index is 12.6. The Morgan fingerprint density at radius 2 is 2.04 bits per heavy atom. The Labute approximate surface area is 172 Å². The molecule has 1 aliphatic carbocycles.